The average Bonchev–Trinajstić information content (AvgIpc) is 2.86. The van der Waals surface area contributed by atoms with Crippen molar-refractivity contribution in [2.24, 2.45) is 0 Å². The smallest absolute Gasteiger partial charge is 0.173 e. The predicted octanol–water partition coefficient (Wildman–Crippen LogP) is 1.66. The van der Waals surface area contributed by atoms with Crippen LogP contribution in [0.1, 0.15) is 11.1 Å². The van der Waals surface area contributed by atoms with Crippen LogP contribution in [0.3, 0.4) is 0 Å². The third-order valence-electron chi connectivity index (χ3n) is 2.67. The minimum absolute atomic E-state index is 0.153. The Labute approximate surface area is 91.4 Å². The van der Waals surface area contributed by atoms with E-state index in [9.17, 15) is 5.11 Å². The number of ether oxygens (including phenoxy) is 1. The van der Waals surface area contributed by atoms with E-state index in [0.29, 0.717) is 30.4 Å². The summed E-state index contributed by atoms with van der Waals surface area (Å²) in [6.07, 6.45) is 0. The third-order valence-corrected chi connectivity index (χ3v) is 2.67. The Bertz CT molecular complexity index is 548. The number of aromatic hydroxyl groups is 1. The molecule has 1 aromatic heterocycles. The zero-order valence-corrected chi connectivity index (χ0v) is 8.43. The number of nitrogens with two attached hydrogens (primary N) is 1. The molecule has 1 aliphatic rings. The van der Waals surface area contributed by atoms with Gasteiger partial charge in [-0.05, 0) is 17.2 Å². The van der Waals surface area contributed by atoms with Crippen LogP contribution < -0.4 is 5.73 Å². The molecular weight excluding hydrogens is 208 g/mol. The normalized spacial score (nSPS) is 14.0. The second-order valence-corrected chi connectivity index (χ2v) is 3.71. The molecule has 3 N–H and O–H groups in total. The van der Waals surface area contributed by atoms with Gasteiger partial charge in [0.05, 0.1) is 18.8 Å². The van der Waals surface area contributed by atoms with Gasteiger partial charge < -0.3 is 20.1 Å². The highest BCUT2D eigenvalue weighted by atomic mass is 16.5. The lowest BCUT2D eigenvalue weighted by Crippen LogP contribution is -1.88. The minimum Gasteiger partial charge on any atom is -0.507 e. The summed E-state index contributed by atoms with van der Waals surface area (Å²) in [6.45, 7) is 1.03. The van der Waals surface area contributed by atoms with Crippen molar-refractivity contribution in [2.45, 2.75) is 13.2 Å². The summed E-state index contributed by atoms with van der Waals surface area (Å²) >= 11 is 0. The van der Waals surface area contributed by atoms with E-state index in [0.717, 1.165) is 11.1 Å². The number of nitrogens with zero attached hydrogens (tertiary/aromatic N) is 1. The van der Waals surface area contributed by atoms with E-state index < -0.39 is 0 Å². The maximum Gasteiger partial charge on any atom is 0.173 e. The molecule has 0 amide bonds. The molecule has 0 radical (unpaired) electrons. The highest BCUT2D eigenvalue weighted by Crippen LogP contribution is 2.38. The Morgan fingerprint density at radius 2 is 2.19 bits per heavy atom. The molecule has 0 atom stereocenters. The largest absolute Gasteiger partial charge is 0.507 e. The average molecular weight is 218 g/mol. The molecule has 5 heteroatoms. The Morgan fingerprint density at radius 3 is 2.94 bits per heavy atom. The molecule has 2 heterocycles. The van der Waals surface area contributed by atoms with E-state index in [1.165, 1.54) is 0 Å². The highest BCUT2D eigenvalue weighted by Gasteiger charge is 2.22. The molecule has 5 nitrogen and oxygen atoms in total. The van der Waals surface area contributed by atoms with Gasteiger partial charge in [0.15, 0.2) is 11.6 Å². The standard InChI is InChI=1S/C11H10N2O3/c12-10-3-9(16-13-10)11-7-5-15-4-6(7)1-2-8(11)14/h1-3,14H,4-5H2,(H2,12,13). The van der Waals surface area contributed by atoms with Crippen LogP contribution in [0.25, 0.3) is 11.3 Å². The van der Waals surface area contributed by atoms with Crippen LogP contribution >= 0.6 is 0 Å². The molecule has 0 fully saturated rings. The van der Waals surface area contributed by atoms with Crippen molar-refractivity contribution >= 4 is 5.82 Å². The molecule has 16 heavy (non-hydrogen) atoms. The van der Waals surface area contributed by atoms with Gasteiger partial charge in [-0.1, -0.05) is 11.2 Å². The second-order valence-electron chi connectivity index (χ2n) is 3.71. The van der Waals surface area contributed by atoms with Crippen LogP contribution in [0, 0.1) is 0 Å². The fraction of sp³-hybridized carbons (Fsp3) is 0.182. The van der Waals surface area contributed by atoms with E-state index in [1.807, 2.05) is 6.07 Å². The van der Waals surface area contributed by atoms with Crippen molar-refractivity contribution in [1.29, 1.82) is 0 Å². The Hall–Kier alpha value is -2.01. The summed E-state index contributed by atoms with van der Waals surface area (Å²) in [4.78, 5) is 0. The molecule has 0 spiro atoms. The lowest BCUT2D eigenvalue weighted by atomic mass is 10.0. The quantitative estimate of drug-likeness (QED) is 0.760. The first-order valence-corrected chi connectivity index (χ1v) is 4.90. The summed E-state index contributed by atoms with van der Waals surface area (Å²) in [5, 5.41) is 13.5. The molecule has 3 rings (SSSR count). The fourth-order valence-electron chi connectivity index (χ4n) is 1.92. The summed E-state index contributed by atoms with van der Waals surface area (Å²) in [5.74, 6) is 0.920. The number of phenols is 1. The number of aromatic nitrogens is 1. The van der Waals surface area contributed by atoms with Gasteiger partial charge in [0.1, 0.15) is 5.75 Å². The second kappa shape index (κ2) is 3.24. The van der Waals surface area contributed by atoms with Crippen molar-refractivity contribution in [3.05, 3.63) is 29.3 Å². The van der Waals surface area contributed by atoms with Gasteiger partial charge in [-0.3, -0.25) is 0 Å². The van der Waals surface area contributed by atoms with Crippen molar-refractivity contribution in [3.8, 4) is 17.1 Å². The molecule has 1 aromatic carbocycles. The van der Waals surface area contributed by atoms with Gasteiger partial charge in [-0.25, -0.2) is 0 Å². The Kier molecular flexibility index (Phi) is 1.87. The van der Waals surface area contributed by atoms with E-state index in [1.54, 1.807) is 12.1 Å². The number of hydrogen-bond acceptors (Lipinski definition) is 5. The number of phenolic OH excluding ortho intramolecular Hbond substituents is 1. The van der Waals surface area contributed by atoms with E-state index >= 15 is 0 Å². The molecule has 0 aliphatic carbocycles. The monoisotopic (exact) mass is 218 g/mol. The van der Waals surface area contributed by atoms with Crippen LogP contribution in [0.5, 0.6) is 5.75 Å². The number of rotatable bonds is 1. The molecule has 0 bridgehead atoms. The minimum atomic E-state index is 0.153. The third kappa shape index (κ3) is 1.25. The number of anilines is 1. The first-order valence-electron chi connectivity index (χ1n) is 4.90. The van der Waals surface area contributed by atoms with Crippen molar-refractivity contribution in [2.75, 3.05) is 5.73 Å². The summed E-state index contributed by atoms with van der Waals surface area (Å²) < 4.78 is 10.4. The first kappa shape index (κ1) is 9.23. The van der Waals surface area contributed by atoms with Gasteiger partial charge in [-0.2, -0.15) is 0 Å². The van der Waals surface area contributed by atoms with Crippen LogP contribution in [-0.4, -0.2) is 10.3 Å². The van der Waals surface area contributed by atoms with Crippen LogP contribution in [-0.2, 0) is 18.0 Å². The number of benzene rings is 1. The van der Waals surface area contributed by atoms with Crippen LogP contribution in [0.4, 0.5) is 5.82 Å². The molecule has 2 aromatic rings. The van der Waals surface area contributed by atoms with Gasteiger partial charge in [0.25, 0.3) is 0 Å². The van der Waals surface area contributed by atoms with E-state index in [2.05, 4.69) is 5.16 Å². The molecular formula is C11H10N2O3. The highest BCUT2D eigenvalue weighted by molar-refractivity contribution is 5.72. The molecule has 1 aliphatic heterocycles. The van der Waals surface area contributed by atoms with Gasteiger partial charge in [0.2, 0.25) is 0 Å². The molecule has 0 saturated carbocycles. The Balaban J connectivity index is 2.23. The summed E-state index contributed by atoms with van der Waals surface area (Å²) in [7, 11) is 0. The van der Waals surface area contributed by atoms with Crippen molar-refractivity contribution < 1.29 is 14.4 Å². The lowest BCUT2D eigenvalue weighted by molar-refractivity contribution is 0.134. The van der Waals surface area contributed by atoms with Gasteiger partial charge >= 0.3 is 0 Å². The maximum atomic E-state index is 9.85. The number of fused-ring (bicyclic) bond motifs is 1. The van der Waals surface area contributed by atoms with Crippen LogP contribution in [0.15, 0.2) is 22.7 Å². The molecule has 0 unspecified atom stereocenters. The number of hydrogen-bond donors (Lipinski definition) is 2. The molecule has 0 saturated heterocycles. The van der Waals surface area contributed by atoms with E-state index in [4.69, 9.17) is 15.0 Å². The topological polar surface area (TPSA) is 81.5 Å². The fourth-order valence-corrected chi connectivity index (χ4v) is 1.92. The van der Waals surface area contributed by atoms with Gasteiger partial charge in [-0.15, -0.1) is 0 Å². The van der Waals surface area contributed by atoms with Crippen molar-refractivity contribution in [1.82, 2.24) is 5.16 Å². The van der Waals surface area contributed by atoms with Crippen LogP contribution in [0.2, 0.25) is 0 Å². The SMILES string of the molecule is Nc1cc(-c2c(O)ccc3c2COC3)on1. The molecule has 82 valence electrons. The summed E-state index contributed by atoms with van der Waals surface area (Å²) in [6, 6.07) is 5.07. The summed E-state index contributed by atoms with van der Waals surface area (Å²) in [5.41, 5.74) is 8.12. The zero-order chi connectivity index (χ0) is 11.1. The zero-order valence-electron chi connectivity index (χ0n) is 8.43. The predicted molar refractivity (Wildman–Crippen MR) is 56.5 cm³/mol. The van der Waals surface area contributed by atoms with E-state index in [-0.39, 0.29) is 5.75 Å². The number of nitrogen functional groups attached to an aromatic ring is 1. The maximum absolute atomic E-state index is 9.85. The first-order chi connectivity index (χ1) is 7.75. The van der Waals surface area contributed by atoms with Gasteiger partial charge in [0, 0.05) is 6.07 Å². The lowest BCUT2D eigenvalue weighted by Gasteiger charge is -2.05. The Morgan fingerprint density at radius 1 is 1.31 bits per heavy atom. The van der Waals surface area contributed by atoms with Crippen molar-refractivity contribution in [3.63, 3.8) is 0 Å².